The fourth-order valence-electron chi connectivity index (χ4n) is 2.64. The number of amides is 4. The fraction of sp³-hybridized carbons (Fsp3) is 0.500. The summed E-state index contributed by atoms with van der Waals surface area (Å²) < 4.78 is 4.70. The molecular weight excluding hydrogens is 336 g/mol. The van der Waals surface area contributed by atoms with E-state index in [1.807, 2.05) is 0 Å². The molecule has 0 radical (unpaired) electrons. The Kier molecular flexibility index (Phi) is 4.47. The number of carbonyl (C=O) groups excluding carboxylic acids is 4. The van der Waals surface area contributed by atoms with Crippen molar-refractivity contribution in [1.29, 1.82) is 0 Å². The molecule has 1 fully saturated rings. The Labute approximate surface area is 141 Å². The number of hydrogen-bond donors (Lipinski definition) is 1. The first-order valence-electron chi connectivity index (χ1n) is 7.42. The van der Waals surface area contributed by atoms with E-state index in [0.717, 1.165) is 15.5 Å². The molecule has 1 aromatic rings. The summed E-state index contributed by atoms with van der Waals surface area (Å²) in [6.45, 7) is 0.600. The standard InChI is InChI=1S/C14H16N4O5S/c1-23-14(22)17-5-4-8-9(6-17)24-13(15-8)16-10(19)7-18-11(20)2-3-12(18)21/h2-7H2,1H3,(H,15,16,19). The Morgan fingerprint density at radius 3 is 2.62 bits per heavy atom. The van der Waals surface area contributed by atoms with Crippen molar-refractivity contribution in [3.05, 3.63) is 10.6 Å². The minimum Gasteiger partial charge on any atom is -0.453 e. The normalized spacial score (nSPS) is 17.0. The highest BCUT2D eigenvalue weighted by atomic mass is 32.1. The summed E-state index contributed by atoms with van der Waals surface area (Å²) in [6.07, 6.45) is 0.493. The summed E-state index contributed by atoms with van der Waals surface area (Å²) in [5, 5.41) is 3.01. The van der Waals surface area contributed by atoms with Gasteiger partial charge in [-0.15, -0.1) is 0 Å². The van der Waals surface area contributed by atoms with E-state index < -0.39 is 12.0 Å². The minimum absolute atomic E-state index is 0.154. The molecule has 2 aliphatic heterocycles. The van der Waals surface area contributed by atoms with Gasteiger partial charge in [-0.25, -0.2) is 9.78 Å². The molecule has 2 aliphatic rings. The van der Waals surface area contributed by atoms with Crippen LogP contribution in [0, 0.1) is 0 Å². The number of fused-ring (bicyclic) bond motifs is 1. The number of thiazole rings is 1. The largest absolute Gasteiger partial charge is 0.453 e. The maximum atomic E-state index is 12.0. The number of carbonyl (C=O) groups is 4. The van der Waals surface area contributed by atoms with Gasteiger partial charge in [0.15, 0.2) is 5.13 Å². The minimum atomic E-state index is -0.463. The number of aromatic nitrogens is 1. The van der Waals surface area contributed by atoms with Gasteiger partial charge in [-0.05, 0) is 0 Å². The molecule has 0 aliphatic carbocycles. The van der Waals surface area contributed by atoms with Crippen molar-refractivity contribution in [1.82, 2.24) is 14.8 Å². The Balaban J connectivity index is 1.62. The highest BCUT2D eigenvalue weighted by Gasteiger charge is 2.31. The van der Waals surface area contributed by atoms with Crippen molar-refractivity contribution in [2.75, 3.05) is 25.5 Å². The molecular formula is C14H16N4O5S. The third-order valence-corrected chi connectivity index (χ3v) is 4.86. The highest BCUT2D eigenvalue weighted by molar-refractivity contribution is 7.15. The molecule has 10 heteroatoms. The van der Waals surface area contributed by atoms with E-state index in [-0.39, 0.29) is 31.2 Å². The van der Waals surface area contributed by atoms with Crippen LogP contribution >= 0.6 is 11.3 Å². The lowest BCUT2D eigenvalue weighted by Crippen LogP contribution is -2.36. The average Bonchev–Trinajstić information content (AvgIpc) is 3.10. The van der Waals surface area contributed by atoms with Crippen molar-refractivity contribution < 1.29 is 23.9 Å². The number of ether oxygens (including phenoxy) is 1. The number of methoxy groups -OCH3 is 1. The molecule has 24 heavy (non-hydrogen) atoms. The van der Waals surface area contributed by atoms with Crippen molar-refractivity contribution in [2.24, 2.45) is 0 Å². The third-order valence-electron chi connectivity index (χ3n) is 3.87. The Morgan fingerprint density at radius 2 is 1.96 bits per heavy atom. The molecule has 3 heterocycles. The zero-order valence-corrected chi connectivity index (χ0v) is 13.9. The summed E-state index contributed by atoms with van der Waals surface area (Å²) in [4.78, 5) is 54.4. The molecule has 1 aromatic heterocycles. The molecule has 3 rings (SSSR count). The Morgan fingerprint density at radius 1 is 1.25 bits per heavy atom. The van der Waals surface area contributed by atoms with Crippen molar-refractivity contribution in [3.63, 3.8) is 0 Å². The first kappa shape index (κ1) is 16.4. The lowest BCUT2D eigenvalue weighted by atomic mass is 10.2. The van der Waals surface area contributed by atoms with E-state index in [1.54, 1.807) is 4.90 Å². The predicted octanol–water partition coefficient (Wildman–Crippen LogP) is 0.355. The summed E-state index contributed by atoms with van der Waals surface area (Å²) in [5.41, 5.74) is 0.837. The quantitative estimate of drug-likeness (QED) is 0.787. The molecule has 4 amide bonds. The molecule has 9 nitrogen and oxygen atoms in total. The number of likely N-dealkylation sites (tertiary alicyclic amines) is 1. The van der Waals surface area contributed by atoms with E-state index in [2.05, 4.69) is 10.3 Å². The zero-order valence-electron chi connectivity index (χ0n) is 13.0. The lowest BCUT2D eigenvalue weighted by Gasteiger charge is -2.24. The summed E-state index contributed by atoms with van der Waals surface area (Å²) in [6, 6.07) is 0. The molecule has 128 valence electrons. The van der Waals surface area contributed by atoms with Crippen LogP contribution in [0.15, 0.2) is 0 Å². The molecule has 0 saturated carbocycles. The average molecular weight is 352 g/mol. The third kappa shape index (κ3) is 3.23. The van der Waals surface area contributed by atoms with Gasteiger partial charge in [-0.2, -0.15) is 0 Å². The van der Waals surface area contributed by atoms with Crippen molar-refractivity contribution in [2.45, 2.75) is 25.8 Å². The molecule has 0 bridgehead atoms. The summed E-state index contributed by atoms with van der Waals surface area (Å²) >= 11 is 1.27. The van der Waals surface area contributed by atoms with E-state index in [0.29, 0.717) is 24.6 Å². The van der Waals surface area contributed by atoms with Gasteiger partial charge in [-0.3, -0.25) is 19.3 Å². The van der Waals surface area contributed by atoms with Crippen LogP contribution < -0.4 is 5.32 Å². The topological polar surface area (TPSA) is 109 Å². The molecule has 0 atom stereocenters. The number of imide groups is 1. The van der Waals surface area contributed by atoms with Crippen LogP contribution in [0.25, 0.3) is 0 Å². The van der Waals surface area contributed by atoms with Gasteiger partial charge in [0, 0.05) is 30.7 Å². The van der Waals surface area contributed by atoms with Gasteiger partial charge in [0.25, 0.3) is 0 Å². The SMILES string of the molecule is COC(=O)N1CCc2nc(NC(=O)CN3C(=O)CCC3=O)sc2C1. The van der Waals surface area contributed by atoms with Crippen LogP contribution in [-0.4, -0.2) is 58.8 Å². The van der Waals surface area contributed by atoms with Crippen LogP contribution in [0.2, 0.25) is 0 Å². The summed E-state index contributed by atoms with van der Waals surface area (Å²) in [7, 11) is 1.33. The van der Waals surface area contributed by atoms with Gasteiger partial charge in [0.05, 0.1) is 19.3 Å². The summed E-state index contributed by atoms with van der Waals surface area (Å²) in [5.74, 6) is -1.13. The first-order valence-corrected chi connectivity index (χ1v) is 8.24. The van der Waals surface area contributed by atoms with Crippen molar-refractivity contribution >= 4 is 40.3 Å². The van der Waals surface area contributed by atoms with E-state index in [1.165, 1.54) is 18.4 Å². The van der Waals surface area contributed by atoms with Gasteiger partial charge < -0.3 is 15.0 Å². The maximum absolute atomic E-state index is 12.0. The number of anilines is 1. The lowest BCUT2D eigenvalue weighted by molar-refractivity contribution is -0.141. The molecule has 0 spiro atoms. The van der Waals surface area contributed by atoms with Crippen molar-refractivity contribution in [3.8, 4) is 0 Å². The predicted molar refractivity (Wildman–Crippen MR) is 83.2 cm³/mol. The van der Waals surface area contributed by atoms with Crippen LogP contribution in [0.4, 0.5) is 9.93 Å². The smallest absolute Gasteiger partial charge is 0.409 e. The molecule has 0 unspecified atom stereocenters. The first-order chi connectivity index (χ1) is 11.5. The second-order valence-corrected chi connectivity index (χ2v) is 6.54. The van der Waals surface area contributed by atoms with Crippen LogP contribution in [0.5, 0.6) is 0 Å². The second-order valence-electron chi connectivity index (χ2n) is 5.45. The second kappa shape index (κ2) is 6.56. The maximum Gasteiger partial charge on any atom is 0.409 e. The monoisotopic (exact) mass is 352 g/mol. The highest BCUT2D eigenvalue weighted by Crippen LogP contribution is 2.28. The molecule has 1 N–H and O–H groups in total. The van der Waals surface area contributed by atoms with E-state index in [9.17, 15) is 19.2 Å². The van der Waals surface area contributed by atoms with Crippen LogP contribution in [-0.2, 0) is 32.1 Å². The van der Waals surface area contributed by atoms with Crippen LogP contribution in [0.3, 0.4) is 0 Å². The van der Waals surface area contributed by atoms with Gasteiger partial charge in [0.1, 0.15) is 6.54 Å². The fourth-order valence-corrected chi connectivity index (χ4v) is 3.68. The van der Waals surface area contributed by atoms with Gasteiger partial charge >= 0.3 is 6.09 Å². The number of hydrogen-bond acceptors (Lipinski definition) is 7. The van der Waals surface area contributed by atoms with E-state index in [4.69, 9.17) is 4.74 Å². The van der Waals surface area contributed by atoms with Crippen LogP contribution in [0.1, 0.15) is 23.4 Å². The number of nitrogens with zero attached hydrogens (tertiary/aromatic N) is 3. The number of rotatable bonds is 3. The van der Waals surface area contributed by atoms with Gasteiger partial charge in [-0.1, -0.05) is 11.3 Å². The Hall–Kier alpha value is -2.49. The zero-order chi connectivity index (χ0) is 17.3. The van der Waals surface area contributed by atoms with E-state index >= 15 is 0 Å². The number of nitrogens with one attached hydrogen (secondary N) is 1. The molecule has 0 aromatic carbocycles. The molecule has 1 saturated heterocycles. The Bertz CT molecular complexity index is 700. The van der Waals surface area contributed by atoms with Gasteiger partial charge in [0.2, 0.25) is 17.7 Å².